The summed E-state index contributed by atoms with van der Waals surface area (Å²) in [6.07, 6.45) is 3.86. The van der Waals surface area contributed by atoms with Gasteiger partial charge in [0.05, 0.1) is 31.0 Å². The van der Waals surface area contributed by atoms with Crippen LogP contribution in [0.5, 0.6) is 0 Å². The molecule has 2 saturated heterocycles. The molecule has 0 saturated carbocycles. The molecule has 0 bridgehead atoms. The Kier molecular flexibility index (Phi) is 6.26. The molecule has 0 aliphatic carbocycles. The molecule has 8 nitrogen and oxygen atoms in total. The van der Waals surface area contributed by atoms with Gasteiger partial charge < -0.3 is 15.0 Å². The molecule has 2 fully saturated rings. The molecule has 0 radical (unpaired) electrons. The maximum atomic E-state index is 12.4. The zero-order chi connectivity index (χ0) is 18.5. The van der Waals surface area contributed by atoms with Crippen LogP contribution in [0.15, 0.2) is 12.4 Å². The highest BCUT2D eigenvalue weighted by molar-refractivity contribution is 6.00. The number of carbonyl (C=O) groups is 2. The monoisotopic (exact) mass is 363 g/mol. The Bertz CT molecular complexity index is 624. The van der Waals surface area contributed by atoms with Crippen LogP contribution in [-0.4, -0.2) is 72.4 Å². The lowest BCUT2D eigenvalue weighted by Gasteiger charge is -2.26. The van der Waals surface area contributed by atoms with Crippen LogP contribution in [0.4, 0.5) is 5.69 Å². The van der Waals surface area contributed by atoms with Gasteiger partial charge in [0, 0.05) is 51.9 Å². The van der Waals surface area contributed by atoms with Gasteiger partial charge in [-0.05, 0) is 5.92 Å². The summed E-state index contributed by atoms with van der Waals surface area (Å²) < 4.78 is 7.17. The van der Waals surface area contributed by atoms with E-state index in [0.717, 1.165) is 45.1 Å². The zero-order valence-corrected chi connectivity index (χ0v) is 15.7. The number of amides is 2. The molecular weight excluding hydrogens is 334 g/mol. The molecule has 0 unspecified atom stereocenters. The number of aromatic nitrogens is 2. The highest BCUT2D eigenvalue weighted by Crippen LogP contribution is 2.25. The molecule has 2 amide bonds. The van der Waals surface area contributed by atoms with E-state index >= 15 is 0 Å². The minimum Gasteiger partial charge on any atom is -0.379 e. The van der Waals surface area contributed by atoms with Gasteiger partial charge >= 0.3 is 0 Å². The maximum Gasteiger partial charge on any atom is 0.227 e. The predicted molar refractivity (Wildman–Crippen MR) is 97.8 cm³/mol. The quantitative estimate of drug-likeness (QED) is 0.756. The Morgan fingerprint density at radius 1 is 1.38 bits per heavy atom. The van der Waals surface area contributed by atoms with Gasteiger partial charge in [-0.15, -0.1) is 0 Å². The topological polar surface area (TPSA) is 79.7 Å². The molecule has 0 spiro atoms. The van der Waals surface area contributed by atoms with Crippen molar-refractivity contribution in [1.82, 2.24) is 20.0 Å². The summed E-state index contributed by atoms with van der Waals surface area (Å²) in [4.78, 5) is 28.7. The molecule has 26 heavy (non-hydrogen) atoms. The van der Waals surface area contributed by atoms with E-state index in [4.69, 9.17) is 4.74 Å². The van der Waals surface area contributed by atoms with Crippen molar-refractivity contribution in [2.75, 3.05) is 50.8 Å². The second kappa shape index (κ2) is 8.64. The first-order chi connectivity index (χ1) is 12.5. The molecule has 1 aromatic heterocycles. The molecule has 144 valence electrons. The van der Waals surface area contributed by atoms with Crippen LogP contribution < -0.4 is 10.2 Å². The van der Waals surface area contributed by atoms with Crippen molar-refractivity contribution < 1.29 is 14.3 Å². The minimum absolute atomic E-state index is 0.0116. The summed E-state index contributed by atoms with van der Waals surface area (Å²) in [5.41, 5.74) is 0.777. The third kappa shape index (κ3) is 4.82. The number of morpholine rings is 1. The molecule has 1 N–H and O–H groups in total. The first-order valence-electron chi connectivity index (χ1n) is 9.43. The van der Waals surface area contributed by atoms with Crippen LogP contribution in [-0.2, 0) is 20.9 Å². The standard InChI is InChI=1S/C18H29N5O3/c1-14(2)11-22-13-16(10-20-22)23-12-15(9-17(23)24)18(25)19-3-4-21-5-7-26-8-6-21/h10,13-15H,3-9,11-12H2,1-2H3,(H,19,25)/t15-/m1/s1. The smallest absolute Gasteiger partial charge is 0.227 e. The summed E-state index contributed by atoms with van der Waals surface area (Å²) in [7, 11) is 0. The summed E-state index contributed by atoms with van der Waals surface area (Å²) in [5, 5.41) is 7.29. The molecule has 0 aromatic carbocycles. The molecule has 1 atom stereocenters. The molecule has 3 heterocycles. The van der Waals surface area contributed by atoms with Crippen molar-refractivity contribution >= 4 is 17.5 Å². The van der Waals surface area contributed by atoms with Crippen LogP contribution in [0.2, 0.25) is 0 Å². The number of nitrogens with zero attached hydrogens (tertiary/aromatic N) is 4. The van der Waals surface area contributed by atoms with E-state index in [9.17, 15) is 9.59 Å². The Morgan fingerprint density at radius 3 is 2.88 bits per heavy atom. The predicted octanol–water partition coefficient (Wildman–Crippen LogP) is 0.340. The van der Waals surface area contributed by atoms with Crippen LogP contribution >= 0.6 is 0 Å². The Labute approximate surface area is 154 Å². The average molecular weight is 363 g/mol. The van der Waals surface area contributed by atoms with Crippen molar-refractivity contribution in [3.63, 3.8) is 0 Å². The molecule has 1 aromatic rings. The first-order valence-corrected chi connectivity index (χ1v) is 9.43. The Hall–Kier alpha value is -1.93. The van der Waals surface area contributed by atoms with Crippen molar-refractivity contribution in [3.8, 4) is 0 Å². The summed E-state index contributed by atoms with van der Waals surface area (Å²) >= 11 is 0. The van der Waals surface area contributed by atoms with E-state index < -0.39 is 0 Å². The highest BCUT2D eigenvalue weighted by Gasteiger charge is 2.35. The summed E-state index contributed by atoms with van der Waals surface area (Å²) in [6.45, 7) is 10.2. The lowest BCUT2D eigenvalue weighted by Crippen LogP contribution is -2.42. The molecular formula is C18H29N5O3. The van der Waals surface area contributed by atoms with E-state index in [-0.39, 0.29) is 24.2 Å². The van der Waals surface area contributed by atoms with E-state index in [1.807, 2.05) is 10.9 Å². The van der Waals surface area contributed by atoms with Gasteiger partial charge in [0.1, 0.15) is 0 Å². The third-order valence-electron chi connectivity index (χ3n) is 4.81. The van der Waals surface area contributed by atoms with Gasteiger partial charge in [-0.1, -0.05) is 13.8 Å². The lowest BCUT2D eigenvalue weighted by atomic mass is 10.1. The fourth-order valence-corrected chi connectivity index (χ4v) is 3.41. The van der Waals surface area contributed by atoms with Crippen molar-refractivity contribution in [1.29, 1.82) is 0 Å². The van der Waals surface area contributed by atoms with Crippen LogP contribution in [0, 0.1) is 11.8 Å². The maximum absolute atomic E-state index is 12.4. The van der Waals surface area contributed by atoms with Crippen LogP contribution in [0.1, 0.15) is 20.3 Å². The minimum atomic E-state index is -0.291. The first kappa shape index (κ1) is 18.8. The molecule has 3 rings (SSSR count). The van der Waals surface area contributed by atoms with E-state index in [1.165, 1.54) is 0 Å². The van der Waals surface area contributed by atoms with Gasteiger partial charge in [-0.2, -0.15) is 5.10 Å². The summed E-state index contributed by atoms with van der Waals surface area (Å²) in [6, 6.07) is 0. The number of ether oxygens (including phenoxy) is 1. The van der Waals surface area contributed by atoms with E-state index in [0.29, 0.717) is 19.0 Å². The molecule has 2 aliphatic rings. The Morgan fingerprint density at radius 2 is 2.15 bits per heavy atom. The van der Waals surface area contributed by atoms with Crippen molar-refractivity contribution in [3.05, 3.63) is 12.4 Å². The number of hydrogen-bond donors (Lipinski definition) is 1. The number of hydrogen-bond acceptors (Lipinski definition) is 5. The molecule has 2 aliphatic heterocycles. The average Bonchev–Trinajstić information content (AvgIpc) is 3.21. The lowest BCUT2D eigenvalue weighted by molar-refractivity contribution is -0.126. The Balaban J connectivity index is 1.47. The second-order valence-electron chi connectivity index (χ2n) is 7.46. The second-order valence-corrected chi connectivity index (χ2v) is 7.46. The fraction of sp³-hybridized carbons (Fsp3) is 0.722. The van der Waals surface area contributed by atoms with Gasteiger partial charge in [0.2, 0.25) is 11.8 Å². The largest absolute Gasteiger partial charge is 0.379 e. The SMILES string of the molecule is CC(C)Cn1cc(N2C[C@H](C(=O)NCCN3CCOCC3)CC2=O)cn1. The van der Waals surface area contributed by atoms with Gasteiger partial charge in [0.25, 0.3) is 0 Å². The number of rotatable bonds is 7. The number of anilines is 1. The fourth-order valence-electron chi connectivity index (χ4n) is 3.41. The highest BCUT2D eigenvalue weighted by atomic mass is 16.5. The van der Waals surface area contributed by atoms with E-state index in [2.05, 4.69) is 29.2 Å². The van der Waals surface area contributed by atoms with E-state index in [1.54, 1.807) is 11.1 Å². The van der Waals surface area contributed by atoms with Crippen LogP contribution in [0.3, 0.4) is 0 Å². The number of nitrogens with one attached hydrogen (secondary N) is 1. The number of carbonyl (C=O) groups excluding carboxylic acids is 2. The zero-order valence-electron chi connectivity index (χ0n) is 15.7. The van der Waals surface area contributed by atoms with Crippen molar-refractivity contribution in [2.45, 2.75) is 26.8 Å². The van der Waals surface area contributed by atoms with Gasteiger partial charge in [0.15, 0.2) is 0 Å². The summed E-state index contributed by atoms with van der Waals surface area (Å²) in [5.74, 6) is 0.147. The van der Waals surface area contributed by atoms with Crippen molar-refractivity contribution in [2.24, 2.45) is 11.8 Å². The van der Waals surface area contributed by atoms with Crippen LogP contribution in [0.25, 0.3) is 0 Å². The normalized spacial score (nSPS) is 21.6. The van der Waals surface area contributed by atoms with Gasteiger partial charge in [-0.3, -0.25) is 19.2 Å². The molecule has 8 heteroatoms. The third-order valence-corrected chi connectivity index (χ3v) is 4.81. The van der Waals surface area contributed by atoms with Gasteiger partial charge in [-0.25, -0.2) is 0 Å².